The van der Waals surface area contributed by atoms with Crippen molar-refractivity contribution in [3.63, 3.8) is 0 Å². The predicted molar refractivity (Wildman–Crippen MR) is 99.4 cm³/mol. The van der Waals surface area contributed by atoms with Crippen molar-refractivity contribution in [2.24, 2.45) is 0 Å². The third-order valence-corrected chi connectivity index (χ3v) is 4.34. The van der Waals surface area contributed by atoms with Crippen LogP contribution in [0.25, 0.3) is 0 Å². The largest absolute Gasteiger partial charge is 0.445 e. The molecular weight excluding hydrogens is 336 g/mol. The van der Waals surface area contributed by atoms with E-state index >= 15 is 0 Å². The first-order valence-corrected chi connectivity index (χ1v) is 9.86. The normalized spacial score (nSPS) is 14.3. The molecule has 2 unspecified atom stereocenters. The fraction of sp³-hybridized carbons (Fsp3) is 0.850. The summed E-state index contributed by atoms with van der Waals surface area (Å²) in [4.78, 5) is 34.8. The van der Waals surface area contributed by atoms with Crippen LogP contribution < -0.4 is 0 Å². The molecule has 152 valence electrons. The molecule has 0 spiro atoms. The third kappa shape index (κ3) is 11.2. The summed E-state index contributed by atoms with van der Waals surface area (Å²) in [7, 11) is 0. The summed E-state index contributed by atoms with van der Waals surface area (Å²) in [6, 6.07) is 0. The molecule has 0 aromatic carbocycles. The van der Waals surface area contributed by atoms with Crippen molar-refractivity contribution in [1.82, 2.24) is 0 Å². The summed E-state index contributed by atoms with van der Waals surface area (Å²) in [6.45, 7) is 6.01. The van der Waals surface area contributed by atoms with E-state index in [2.05, 4.69) is 11.7 Å². The van der Waals surface area contributed by atoms with Gasteiger partial charge in [0.15, 0.2) is 0 Å². The maximum atomic E-state index is 12.1. The van der Waals surface area contributed by atoms with Gasteiger partial charge in [-0.15, -0.1) is 0 Å². The standard InChI is InChI=1S/C20H36O6/c1-5-6-7-8-9-10-11-12-13-14-15-20(4,19(24)25-17(3)22)26-18(23)16(2)21/h16,21H,5-15H2,1-4H3. The molecule has 0 saturated heterocycles. The minimum atomic E-state index is -1.56. The maximum Gasteiger partial charge on any atom is 0.357 e. The monoisotopic (exact) mass is 372 g/mol. The molecule has 0 fully saturated rings. The summed E-state index contributed by atoms with van der Waals surface area (Å²) in [5.41, 5.74) is -1.56. The van der Waals surface area contributed by atoms with E-state index in [0.717, 1.165) is 26.2 Å². The molecule has 0 saturated carbocycles. The smallest absolute Gasteiger partial charge is 0.357 e. The van der Waals surface area contributed by atoms with E-state index in [0.29, 0.717) is 6.42 Å². The number of aliphatic hydroxyl groups excluding tert-OH is 1. The molecule has 0 aromatic heterocycles. The van der Waals surface area contributed by atoms with Crippen LogP contribution in [0.2, 0.25) is 0 Å². The first-order valence-electron chi connectivity index (χ1n) is 9.86. The topological polar surface area (TPSA) is 89.9 Å². The SMILES string of the molecule is CCCCCCCCCCCCC(C)(OC(=O)C(C)O)C(=O)OC(C)=O. The third-order valence-electron chi connectivity index (χ3n) is 4.34. The molecule has 0 aliphatic carbocycles. The first-order chi connectivity index (χ1) is 12.2. The van der Waals surface area contributed by atoms with E-state index in [1.807, 2.05) is 0 Å². The molecule has 0 heterocycles. The number of hydrogen-bond donors (Lipinski definition) is 1. The highest BCUT2D eigenvalue weighted by Crippen LogP contribution is 2.23. The second-order valence-electron chi connectivity index (χ2n) is 7.14. The molecule has 2 atom stereocenters. The van der Waals surface area contributed by atoms with Crippen LogP contribution in [0.3, 0.4) is 0 Å². The highest BCUT2D eigenvalue weighted by molar-refractivity contribution is 5.91. The lowest BCUT2D eigenvalue weighted by atomic mass is 9.97. The zero-order valence-electron chi connectivity index (χ0n) is 16.8. The van der Waals surface area contributed by atoms with Crippen molar-refractivity contribution in [3.05, 3.63) is 0 Å². The summed E-state index contributed by atoms with van der Waals surface area (Å²) in [5, 5.41) is 9.30. The molecule has 6 heteroatoms. The lowest BCUT2D eigenvalue weighted by molar-refractivity contribution is -0.188. The van der Waals surface area contributed by atoms with E-state index in [1.165, 1.54) is 52.4 Å². The van der Waals surface area contributed by atoms with Gasteiger partial charge in [-0.3, -0.25) is 4.79 Å². The highest BCUT2D eigenvalue weighted by atomic mass is 16.6. The van der Waals surface area contributed by atoms with Gasteiger partial charge in [0.1, 0.15) is 6.10 Å². The molecule has 0 aliphatic rings. The molecular formula is C20H36O6. The van der Waals surface area contributed by atoms with Crippen LogP contribution in [0.4, 0.5) is 0 Å². The molecule has 0 radical (unpaired) electrons. The molecule has 0 bridgehead atoms. The average Bonchev–Trinajstić information content (AvgIpc) is 2.55. The van der Waals surface area contributed by atoms with Gasteiger partial charge in [0, 0.05) is 6.92 Å². The van der Waals surface area contributed by atoms with Gasteiger partial charge >= 0.3 is 17.9 Å². The summed E-state index contributed by atoms with van der Waals surface area (Å²) in [6.07, 6.45) is 10.3. The maximum absolute atomic E-state index is 12.1. The van der Waals surface area contributed by atoms with Crippen LogP contribution in [0, 0.1) is 0 Å². The van der Waals surface area contributed by atoms with Gasteiger partial charge in [-0.05, 0) is 26.7 Å². The Balaban J connectivity index is 4.25. The van der Waals surface area contributed by atoms with Crippen molar-refractivity contribution in [2.75, 3.05) is 0 Å². The van der Waals surface area contributed by atoms with Gasteiger partial charge in [0.05, 0.1) is 0 Å². The van der Waals surface area contributed by atoms with Crippen LogP contribution >= 0.6 is 0 Å². The van der Waals surface area contributed by atoms with Gasteiger partial charge in [-0.25, -0.2) is 9.59 Å². The highest BCUT2D eigenvalue weighted by Gasteiger charge is 2.40. The Bertz CT molecular complexity index is 432. The molecule has 6 nitrogen and oxygen atoms in total. The van der Waals surface area contributed by atoms with Gasteiger partial charge in [-0.2, -0.15) is 0 Å². The van der Waals surface area contributed by atoms with Crippen molar-refractivity contribution in [2.45, 2.75) is 110 Å². The van der Waals surface area contributed by atoms with Crippen molar-refractivity contribution in [1.29, 1.82) is 0 Å². The van der Waals surface area contributed by atoms with Gasteiger partial charge in [-0.1, -0.05) is 64.7 Å². The number of hydrogen-bond acceptors (Lipinski definition) is 6. The average molecular weight is 373 g/mol. The number of carbonyl (C=O) groups excluding carboxylic acids is 3. The molecule has 0 rings (SSSR count). The molecule has 0 aromatic rings. The van der Waals surface area contributed by atoms with Crippen molar-refractivity contribution in [3.8, 4) is 0 Å². The fourth-order valence-corrected chi connectivity index (χ4v) is 2.69. The fourth-order valence-electron chi connectivity index (χ4n) is 2.69. The number of aliphatic hydroxyl groups is 1. The minimum Gasteiger partial charge on any atom is -0.445 e. The van der Waals surface area contributed by atoms with Crippen LogP contribution in [0.5, 0.6) is 0 Å². The Morgan fingerprint density at radius 2 is 1.38 bits per heavy atom. The Morgan fingerprint density at radius 3 is 1.81 bits per heavy atom. The summed E-state index contributed by atoms with van der Waals surface area (Å²) in [5.74, 6) is -2.55. The van der Waals surface area contributed by atoms with Crippen LogP contribution in [0.15, 0.2) is 0 Å². The van der Waals surface area contributed by atoms with Crippen molar-refractivity contribution >= 4 is 17.9 Å². The van der Waals surface area contributed by atoms with E-state index in [9.17, 15) is 19.5 Å². The van der Waals surface area contributed by atoms with E-state index < -0.39 is 29.6 Å². The quantitative estimate of drug-likeness (QED) is 0.281. The van der Waals surface area contributed by atoms with Crippen LogP contribution in [-0.2, 0) is 23.9 Å². The Hall–Kier alpha value is -1.43. The lowest BCUT2D eigenvalue weighted by Crippen LogP contribution is -2.44. The molecule has 0 amide bonds. The van der Waals surface area contributed by atoms with Gasteiger partial charge < -0.3 is 14.6 Å². The van der Waals surface area contributed by atoms with E-state index in [1.54, 1.807) is 0 Å². The zero-order valence-corrected chi connectivity index (χ0v) is 16.8. The number of ether oxygens (including phenoxy) is 2. The van der Waals surface area contributed by atoms with E-state index in [-0.39, 0.29) is 6.42 Å². The van der Waals surface area contributed by atoms with Gasteiger partial charge in [0.25, 0.3) is 0 Å². The second kappa shape index (κ2) is 13.7. The summed E-state index contributed by atoms with van der Waals surface area (Å²) < 4.78 is 9.73. The Labute approximate surface area is 157 Å². The first kappa shape index (κ1) is 24.6. The molecule has 0 aliphatic heterocycles. The number of esters is 3. The van der Waals surface area contributed by atoms with Crippen LogP contribution in [-0.4, -0.2) is 34.7 Å². The number of unbranched alkanes of at least 4 members (excludes halogenated alkanes) is 9. The minimum absolute atomic E-state index is 0.258. The second-order valence-corrected chi connectivity index (χ2v) is 7.14. The molecule has 26 heavy (non-hydrogen) atoms. The summed E-state index contributed by atoms with van der Waals surface area (Å²) >= 11 is 0. The Kier molecular flexibility index (Phi) is 13.0. The number of carbonyl (C=O) groups is 3. The molecule has 1 N–H and O–H groups in total. The van der Waals surface area contributed by atoms with Crippen molar-refractivity contribution < 1.29 is 29.0 Å². The predicted octanol–water partition coefficient (Wildman–Crippen LogP) is 4.07. The lowest BCUT2D eigenvalue weighted by Gasteiger charge is -2.27. The van der Waals surface area contributed by atoms with Gasteiger partial charge in [0.2, 0.25) is 5.60 Å². The Morgan fingerprint density at radius 1 is 0.923 bits per heavy atom. The zero-order chi connectivity index (χ0) is 20.0. The number of rotatable bonds is 14. The van der Waals surface area contributed by atoms with E-state index in [4.69, 9.17) is 4.74 Å². The van der Waals surface area contributed by atoms with Crippen LogP contribution in [0.1, 0.15) is 98.3 Å².